The third kappa shape index (κ3) is 5.49. The number of hydrogen-bond acceptors (Lipinski definition) is 2. The molecule has 0 saturated heterocycles. The van der Waals surface area contributed by atoms with Crippen molar-refractivity contribution in [3.05, 3.63) is 63.4 Å². The van der Waals surface area contributed by atoms with Crippen molar-refractivity contribution >= 4 is 28.9 Å². The summed E-state index contributed by atoms with van der Waals surface area (Å²) in [6, 6.07) is 11.0. The Morgan fingerprint density at radius 1 is 1.13 bits per heavy atom. The first-order chi connectivity index (χ1) is 14.0. The minimum atomic E-state index is -0.382. The van der Waals surface area contributed by atoms with Crippen LogP contribution < -0.4 is 5.73 Å². The molecular weight excluding hydrogens is 418 g/mol. The first kappa shape index (κ1) is 25.0. The molecule has 0 aliphatic rings. The summed E-state index contributed by atoms with van der Waals surface area (Å²) in [5.41, 5.74) is 8.31. The predicted octanol–water partition coefficient (Wildman–Crippen LogP) is 7.43. The SMILES string of the molecule is CCC(C)C(c1cccc(Cl)c1F)C(C)(Cc1ccc(Cl)cc1N)N(C)CC(C)C. The van der Waals surface area contributed by atoms with Gasteiger partial charge in [-0.05, 0) is 61.6 Å². The summed E-state index contributed by atoms with van der Waals surface area (Å²) < 4.78 is 15.3. The summed E-state index contributed by atoms with van der Waals surface area (Å²) in [6.07, 6.45) is 1.61. The lowest BCUT2D eigenvalue weighted by molar-refractivity contribution is 0.0688. The monoisotopic (exact) mass is 452 g/mol. The van der Waals surface area contributed by atoms with Crippen LogP contribution in [0.4, 0.5) is 10.1 Å². The van der Waals surface area contributed by atoms with E-state index in [1.165, 1.54) is 0 Å². The Labute approximate surface area is 191 Å². The molecule has 0 saturated carbocycles. The molecule has 2 rings (SSSR count). The molecule has 0 bridgehead atoms. The van der Waals surface area contributed by atoms with E-state index in [1.54, 1.807) is 12.1 Å². The zero-order chi connectivity index (χ0) is 22.6. The number of rotatable bonds is 9. The highest BCUT2D eigenvalue weighted by atomic mass is 35.5. The van der Waals surface area contributed by atoms with Crippen LogP contribution in [0.5, 0.6) is 0 Å². The maximum absolute atomic E-state index is 15.3. The van der Waals surface area contributed by atoms with Gasteiger partial charge in [0.15, 0.2) is 0 Å². The summed E-state index contributed by atoms with van der Waals surface area (Å²) in [4.78, 5) is 2.36. The fourth-order valence-electron chi connectivity index (χ4n) is 4.60. The second kappa shape index (κ2) is 10.3. The fraction of sp³-hybridized carbons (Fsp3) is 0.520. The van der Waals surface area contributed by atoms with E-state index in [9.17, 15) is 0 Å². The summed E-state index contributed by atoms with van der Waals surface area (Å²) in [5.74, 6) is 0.322. The maximum Gasteiger partial charge on any atom is 0.145 e. The second-order valence-corrected chi connectivity index (χ2v) is 10.0. The summed E-state index contributed by atoms with van der Waals surface area (Å²) >= 11 is 12.3. The molecule has 0 radical (unpaired) electrons. The number of hydrogen-bond donors (Lipinski definition) is 1. The number of halogens is 3. The standard InChI is InChI=1S/C25H35Cl2FN2/c1-7-17(4)23(20-9-8-10-21(27)24(20)28)25(5,30(6)15-16(2)3)14-18-11-12-19(26)13-22(18)29/h8-13,16-17,23H,7,14-15,29H2,1-6H3. The molecule has 0 aliphatic heterocycles. The Hall–Kier alpha value is -1.29. The van der Waals surface area contributed by atoms with Crippen molar-refractivity contribution in [2.24, 2.45) is 11.8 Å². The number of anilines is 1. The molecule has 2 N–H and O–H groups in total. The predicted molar refractivity (Wildman–Crippen MR) is 129 cm³/mol. The largest absolute Gasteiger partial charge is 0.398 e. The van der Waals surface area contributed by atoms with Crippen LogP contribution in [0.3, 0.4) is 0 Å². The van der Waals surface area contributed by atoms with Gasteiger partial charge in [0.05, 0.1) is 5.02 Å². The van der Waals surface area contributed by atoms with Gasteiger partial charge in [-0.25, -0.2) is 4.39 Å². The Kier molecular flexibility index (Phi) is 8.61. The van der Waals surface area contributed by atoms with Crippen molar-refractivity contribution < 1.29 is 4.39 Å². The number of benzene rings is 2. The molecule has 0 spiro atoms. The van der Waals surface area contributed by atoms with Crippen LogP contribution in [-0.4, -0.2) is 24.0 Å². The van der Waals surface area contributed by atoms with Gasteiger partial charge in [0.25, 0.3) is 0 Å². The molecule has 2 aromatic carbocycles. The van der Waals surface area contributed by atoms with Crippen LogP contribution >= 0.6 is 23.2 Å². The van der Waals surface area contributed by atoms with Crippen molar-refractivity contribution in [3.63, 3.8) is 0 Å². The van der Waals surface area contributed by atoms with E-state index in [1.807, 2.05) is 24.3 Å². The Balaban J connectivity index is 2.67. The fourth-order valence-corrected chi connectivity index (χ4v) is 4.96. The van der Waals surface area contributed by atoms with E-state index >= 15 is 4.39 Å². The van der Waals surface area contributed by atoms with Crippen molar-refractivity contribution in [1.82, 2.24) is 4.90 Å². The normalized spacial score (nSPS) is 16.0. The molecule has 166 valence electrons. The molecule has 30 heavy (non-hydrogen) atoms. The molecule has 2 aromatic rings. The minimum absolute atomic E-state index is 0.0694. The average Bonchev–Trinajstić information content (AvgIpc) is 2.66. The summed E-state index contributed by atoms with van der Waals surface area (Å²) in [7, 11) is 2.13. The van der Waals surface area contributed by atoms with E-state index in [-0.39, 0.29) is 28.2 Å². The minimum Gasteiger partial charge on any atom is -0.398 e. The van der Waals surface area contributed by atoms with Gasteiger partial charge in [0.1, 0.15) is 5.82 Å². The molecule has 2 nitrogen and oxygen atoms in total. The van der Waals surface area contributed by atoms with Gasteiger partial charge in [-0.3, -0.25) is 4.90 Å². The van der Waals surface area contributed by atoms with Crippen molar-refractivity contribution in [2.75, 3.05) is 19.3 Å². The van der Waals surface area contributed by atoms with E-state index in [0.29, 0.717) is 28.6 Å². The highest BCUT2D eigenvalue weighted by Crippen LogP contribution is 2.44. The van der Waals surface area contributed by atoms with Crippen molar-refractivity contribution in [1.29, 1.82) is 0 Å². The quantitative estimate of drug-likeness (QED) is 0.400. The molecular formula is C25H35Cl2FN2. The van der Waals surface area contributed by atoms with E-state index in [4.69, 9.17) is 28.9 Å². The molecule has 0 fully saturated rings. The lowest BCUT2D eigenvalue weighted by Gasteiger charge is -2.48. The van der Waals surface area contributed by atoms with Gasteiger partial charge >= 0.3 is 0 Å². The lowest BCUT2D eigenvalue weighted by Crippen LogP contribution is -2.53. The Bertz CT molecular complexity index is 855. The summed E-state index contributed by atoms with van der Waals surface area (Å²) in [5, 5.41) is 0.786. The van der Waals surface area contributed by atoms with Crippen LogP contribution in [0, 0.1) is 17.7 Å². The van der Waals surface area contributed by atoms with Crippen LogP contribution in [0.25, 0.3) is 0 Å². The number of nitrogens with two attached hydrogens (primary N) is 1. The number of nitrogen functional groups attached to an aromatic ring is 1. The Morgan fingerprint density at radius 2 is 1.80 bits per heavy atom. The molecule has 3 atom stereocenters. The number of nitrogens with zero attached hydrogens (tertiary/aromatic N) is 1. The maximum atomic E-state index is 15.3. The van der Waals surface area contributed by atoms with Crippen molar-refractivity contribution in [3.8, 4) is 0 Å². The van der Waals surface area contributed by atoms with Gasteiger partial charge in [-0.15, -0.1) is 0 Å². The summed E-state index contributed by atoms with van der Waals surface area (Å²) in [6.45, 7) is 11.9. The van der Waals surface area contributed by atoms with Crippen LogP contribution in [-0.2, 0) is 6.42 Å². The molecule has 0 aromatic heterocycles. The highest BCUT2D eigenvalue weighted by Gasteiger charge is 2.43. The molecule has 0 amide bonds. The second-order valence-electron chi connectivity index (χ2n) is 9.16. The molecule has 0 aliphatic carbocycles. The van der Waals surface area contributed by atoms with Gasteiger partial charge in [0, 0.05) is 28.7 Å². The van der Waals surface area contributed by atoms with Crippen molar-refractivity contribution in [2.45, 2.75) is 58.9 Å². The first-order valence-corrected chi connectivity index (χ1v) is 11.5. The van der Waals surface area contributed by atoms with Crippen LogP contribution in [0.1, 0.15) is 58.1 Å². The van der Waals surface area contributed by atoms with Crippen LogP contribution in [0.2, 0.25) is 10.0 Å². The lowest BCUT2D eigenvalue weighted by atomic mass is 9.68. The zero-order valence-corrected chi connectivity index (χ0v) is 20.5. The van der Waals surface area contributed by atoms with Gasteiger partial charge < -0.3 is 5.73 Å². The van der Waals surface area contributed by atoms with Gasteiger partial charge in [0.2, 0.25) is 0 Å². The Morgan fingerprint density at radius 3 is 2.37 bits per heavy atom. The van der Waals surface area contributed by atoms with Crippen LogP contribution in [0.15, 0.2) is 36.4 Å². The zero-order valence-electron chi connectivity index (χ0n) is 19.0. The van der Waals surface area contributed by atoms with E-state index < -0.39 is 0 Å². The molecule has 5 heteroatoms. The third-order valence-electron chi connectivity index (χ3n) is 6.37. The third-order valence-corrected chi connectivity index (χ3v) is 6.89. The first-order valence-electron chi connectivity index (χ1n) is 10.7. The van der Waals surface area contributed by atoms with Gasteiger partial charge in [-0.1, -0.05) is 75.5 Å². The topological polar surface area (TPSA) is 29.3 Å². The number of likely N-dealkylation sites (N-methyl/N-ethyl adjacent to an activating group) is 1. The van der Waals surface area contributed by atoms with E-state index in [0.717, 1.165) is 18.5 Å². The smallest absolute Gasteiger partial charge is 0.145 e. The molecule has 3 unspecified atom stereocenters. The highest BCUT2D eigenvalue weighted by molar-refractivity contribution is 6.31. The van der Waals surface area contributed by atoms with Gasteiger partial charge in [-0.2, -0.15) is 0 Å². The average molecular weight is 453 g/mol. The van der Waals surface area contributed by atoms with E-state index in [2.05, 4.69) is 46.6 Å². The molecule has 0 heterocycles.